The van der Waals surface area contributed by atoms with E-state index >= 15 is 0 Å². The number of rotatable bonds is 7. The first kappa shape index (κ1) is 19.5. The van der Waals surface area contributed by atoms with Crippen molar-refractivity contribution in [2.24, 2.45) is 0 Å². The average Bonchev–Trinajstić information content (AvgIpc) is 3.22. The Morgan fingerprint density at radius 2 is 1.96 bits per heavy atom. The first-order valence-corrected chi connectivity index (χ1v) is 10.9. The number of terminal acetylenes is 1. The lowest BCUT2D eigenvalue weighted by Gasteiger charge is -2.12. The third-order valence-electron chi connectivity index (χ3n) is 3.98. The molecule has 6 heteroatoms. The molecule has 1 saturated heterocycles. The molecule has 0 atom stereocenters. The van der Waals surface area contributed by atoms with Gasteiger partial charge in [-0.15, -0.1) is 29.9 Å². The Labute approximate surface area is 168 Å². The van der Waals surface area contributed by atoms with Crippen LogP contribution in [0.25, 0.3) is 0 Å². The van der Waals surface area contributed by atoms with E-state index in [1.165, 1.54) is 17.1 Å². The second-order valence-corrected chi connectivity index (χ2v) is 8.69. The van der Waals surface area contributed by atoms with Crippen LogP contribution in [0, 0.1) is 12.3 Å². The molecule has 1 fully saturated rings. The van der Waals surface area contributed by atoms with E-state index < -0.39 is 0 Å². The van der Waals surface area contributed by atoms with Crippen LogP contribution in [0.4, 0.5) is 10.5 Å². The molecular weight excluding hydrogens is 376 g/mol. The number of anilines is 1. The first-order chi connectivity index (χ1) is 13.2. The van der Waals surface area contributed by atoms with Crippen molar-refractivity contribution in [1.29, 1.82) is 0 Å². The molecule has 27 heavy (non-hydrogen) atoms. The Morgan fingerprint density at radius 3 is 2.70 bits per heavy atom. The Morgan fingerprint density at radius 1 is 1.19 bits per heavy atom. The van der Waals surface area contributed by atoms with Gasteiger partial charge in [-0.2, -0.15) is 0 Å². The highest BCUT2D eigenvalue weighted by atomic mass is 32.2. The molecule has 3 rings (SSSR count). The van der Waals surface area contributed by atoms with Crippen molar-refractivity contribution in [3.63, 3.8) is 0 Å². The van der Waals surface area contributed by atoms with E-state index in [-0.39, 0.29) is 12.6 Å². The topological polar surface area (TPSA) is 50.4 Å². The third-order valence-corrected chi connectivity index (χ3v) is 7.09. The summed E-state index contributed by atoms with van der Waals surface area (Å²) >= 11 is 3.91. The van der Waals surface area contributed by atoms with Crippen molar-refractivity contribution in [3.8, 4) is 18.1 Å². The molecule has 0 bridgehead atoms. The summed E-state index contributed by atoms with van der Waals surface area (Å²) in [7, 11) is 0. The highest BCUT2D eigenvalue weighted by Crippen LogP contribution is 2.45. The molecule has 0 radical (unpaired) electrons. The van der Waals surface area contributed by atoms with Crippen molar-refractivity contribution in [3.05, 3.63) is 59.7 Å². The lowest BCUT2D eigenvalue weighted by Crippen LogP contribution is -2.30. The number of nitrogens with one attached hydrogen (secondary N) is 2. The van der Waals surface area contributed by atoms with Crippen LogP contribution in [0.3, 0.4) is 0 Å². The largest absolute Gasteiger partial charge is 0.481 e. The van der Waals surface area contributed by atoms with Crippen molar-refractivity contribution in [2.75, 3.05) is 30.0 Å². The molecule has 2 aromatic carbocycles. The van der Waals surface area contributed by atoms with Crippen molar-refractivity contribution in [2.45, 2.75) is 11.0 Å². The van der Waals surface area contributed by atoms with Gasteiger partial charge in [-0.3, -0.25) is 0 Å². The number of hydrogen-bond acceptors (Lipinski definition) is 4. The predicted octanol–water partition coefficient (Wildman–Crippen LogP) is 4.54. The van der Waals surface area contributed by atoms with Gasteiger partial charge in [0.15, 0.2) is 0 Å². The van der Waals surface area contributed by atoms with Gasteiger partial charge < -0.3 is 15.4 Å². The van der Waals surface area contributed by atoms with Gasteiger partial charge in [0.05, 0.1) is 4.58 Å². The minimum absolute atomic E-state index is 0.187. The Kier molecular flexibility index (Phi) is 7.37. The minimum Gasteiger partial charge on any atom is -0.481 e. The zero-order chi connectivity index (χ0) is 18.9. The van der Waals surface area contributed by atoms with Gasteiger partial charge in [0.1, 0.15) is 12.4 Å². The quantitative estimate of drug-likeness (QED) is 0.672. The number of amides is 2. The molecule has 2 amide bonds. The fraction of sp³-hybridized carbons (Fsp3) is 0.286. The fourth-order valence-corrected chi connectivity index (χ4v) is 5.53. The zero-order valence-corrected chi connectivity index (χ0v) is 16.6. The molecule has 2 N–H and O–H groups in total. The van der Waals surface area contributed by atoms with E-state index in [9.17, 15) is 4.79 Å². The molecule has 1 aliphatic rings. The summed E-state index contributed by atoms with van der Waals surface area (Å²) in [5.41, 5.74) is 3.21. The van der Waals surface area contributed by atoms with Crippen molar-refractivity contribution < 1.29 is 9.53 Å². The summed E-state index contributed by atoms with van der Waals surface area (Å²) in [5, 5.41) is 5.82. The third kappa shape index (κ3) is 6.16. The number of carbonyl (C=O) groups is 1. The van der Waals surface area contributed by atoms with Gasteiger partial charge in [0.2, 0.25) is 0 Å². The maximum Gasteiger partial charge on any atom is 0.319 e. The van der Waals surface area contributed by atoms with Gasteiger partial charge in [-0.05, 0) is 41.8 Å². The van der Waals surface area contributed by atoms with E-state index in [2.05, 4.69) is 28.7 Å². The molecule has 1 aliphatic heterocycles. The summed E-state index contributed by atoms with van der Waals surface area (Å²) in [6.45, 7) is 0.824. The predicted molar refractivity (Wildman–Crippen MR) is 116 cm³/mol. The smallest absolute Gasteiger partial charge is 0.319 e. The highest BCUT2D eigenvalue weighted by Gasteiger charge is 2.18. The van der Waals surface area contributed by atoms with Crippen LogP contribution >= 0.6 is 23.5 Å². The normalized spacial score (nSPS) is 13.7. The molecule has 0 aromatic heterocycles. The molecule has 140 valence electrons. The number of thioether (sulfide) groups is 2. The molecule has 2 aromatic rings. The van der Waals surface area contributed by atoms with Crippen LogP contribution in [0.15, 0.2) is 48.5 Å². The Hall–Kier alpha value is -2.23. The highest BCUT2D eigenvalue weighted by molar-refractivity contribution is 8.19. The molecule has 0 spiro atoms. The minimum atomic E-state index is -0.187. The van der Waals surface area contributed by atoms with E-state index in [0.717, 1.165) is 23.4 Å². The first-order valence-electron chi connectivity index (χ1n) is 8.78. The number of hydrogen-bond donors (Lipinski definition) is 2. The summed E-state index contributed by atoms with van der Waals surface area (Å²) in [5.74, 6) is 5.56. The number of benzene rings is 2. The SMILES string of the molecule is C#CCOc1ccc(CCNC(=O)Nc2cccc(C3SCCS3)c2)cc1. The fourth-order valence-electron chi connectivity index (χ4n) is 2.69. The lowest BCUT2D eigenvalue weighted by molar-refractivity contribution is 0.252. The van der Waals surface area contributed by atoms with Crippen LogP contribution in [0.1, 0.15) is 15.7 Å². The monoisotopic (exact) mass is 398 g/mol. The second-order valence-electron chi connectivity index (χ2n) is 5.97. The summed E-state index contributed by atoms with van der Waals surface area (Å²) < 4.78 is 5.82. The maximum absolute atomic E-state index is 12.1. The van der Waals surface area contributed by atoms with Crippen LogP contribution < -0.4 is 15.4 Å². The summed E-state index contributed by atoms with van der Waals surface area (Å²) in [6.07, 6.45) is 5.92. The van der Waals surface area contributed by atoms with Gasteiger partial charge >= 0.3 is 6.03 Å². The molecule has 4 nitrogen and oxygen atoms in total. The standard InChI is InChI=1S/C21H22N2O2S2/c1-2-12-25-19-8-6-16(7-9-19)10-11-22-21(24)23-18-5-3-4-17(15-18)20-26-13-14-27-20/h1,3-9,15,20H,10-14H2,(H2,22,23,24). The number of urea groups is 1. The molecule has 1 heterocycles. The molecule has 0 unspecified atom stereocenters. The van der Waals surface area contributed by atoms with Crippen LogP contribution in [-0.4, -0.2) is 30.7 Å². The van der Waals surface area contributed by atoms with Crippen molar-refractivity contribution >= 4 is 35.2 Å². The molecule has 0 aliphatic carbocycles. The van der Waals surface area contributed by atoms with Gasteiger partial charge in [-0.1, -0.05) is 30.2 Å². The van der Waals surface area contributed by atoms with E-state index in [1.807, 2.05) is 59.9 Å². The summed E-state index contributed by atoms with van der Waals surface area (Å²) in [4.78, 5) is 12.1. The van der Waals surface area contributed by atoms with Crippen LogP contribution in [0.2, 0.25) is 0 Å². The van der Waals surface area contributed by atoms with E-state index in [1.54, 1.807) is 0 Å². The van der Waals surface area contributed by atoms with E-state index in [4.69, 9.17) is 11.2 Å². The Bertz CT molecular complexity index is 797. The van der Waals surface area contributed by atoms with Crippen LogP contribution in [-0.2, 0) is 6.42 Å². The maximum atomic E-state index is 12.1. The van der Waals surface area contributed by atoms with Crippen LogP contribution in [0.5, 0.6) is 5.75 Å². The van der Waals surface area contributed by atoms with Gasteiger partial charge in [0.25, 0.3) is 0 Å². The van der Waals surface area contributed by atoms with Crippen molar-refractivity contribution in [1.82, 2.24) is 5.32 Å². The van der Waals surface area contributed by atoms with E-state index in [0.29, 0.717) is 11.1 Å². The second kappa shape index (κ2) is 10.2. The number of carbonyl (C=O) groups excluding carboxylic acids is 1. The molecule has 0 saturated carbocycles. The number of ether oxygens (including phenoxy) is 1. The molecular formula is C21H22N2O2S2. The Balaban J connectivity index is 1.43. The van der Waals surface area contributed by atoms with Gasteiger partial charge in [0, 0.05) is 23.7 Å². The average molecular weight is 399 g/mol. The lowest BCUT2D eigenvalue weighted by atomic mass is 10.1. The zero-order valence-electron chi connectivity index (χ0n) is 14.9. The summed E-state index contributed by atoms with van der Waals surface area (Å²) in [6, 6.07) is 15.6. The van der Waals surface area contributed by atoms with Gasteiger partial charge in [-0.25, -0.2) is 4.79 Å².